The van der Waals surface area contributed by atoms with Crippen molar-refractivity contribution in [2.24, 2.45) is 22.7 Å². The molecule has 0 bridgehead atoms. The maximum atomic E-state index is 12.4. The number of aliphatic hydroxyl groups excluding tert-OH is 4. The van der Waals surface area contributed by atoms with Gasteiger partial charge in [-0.15, -0.1) is 22.7 Å². The molecule has 12 rings (SSSR count). The summed E-state index contributed by atoms with van der Waals surface area (Å²) in [6.45, 7) is 8.20. The zero-order valence-electron chi connectivity index (χ0n) is 40.8. The summed E-state index contributed by atoms with van der Waals surface area (Å²) < 4.78 is 3.59. The number of Topliss-reactive ketones (excluding diaryl/α,β-unsaturated/α-hetero) is 2. The Bertz CT molecular complexity index is 3630. The van der Waals surface area contributed by atoms with Gasteiger partial charge in [-0.3, -0.25) is 9.59 Å². The molecule has 10 atom stereocenters. The number of carbonyl (C=O) groups is 2. The molecular weight excluding hydrogens is 994 g/mol. The Morgan fingerprint density at radius 3 is 1.84 bits per heavy atom. The van der Waals surface area contributed by atoms with Gasteiger partial charge in [0.1, 0.15) is 35.0 Å². The number of benzene rings is 2. The highest BCUT2D eigenvalue weighted by atomic mass is 35.5. The quantitative estimate of drug-likeness (QED) is 0.0696. The second kappa shape index (κ2) is 19.5. The minimum Gasteiger partial charge on any atom is -0.389 e. The first-order chi connectivity index (χ1) is 35.7. The number of anilines is 2. The topological polar surface area (TPSA) is 213 Å². The van der Waals surface area contributed by atoms with E-state index in [1.54, 1.807) is 44.5 Å². The number of aryl methyl sites for hydroxylation is 2. The lowest BCUT2D eigenvalue weighted by molar-refractivity contribution is -0.128. The fourth-order valence-electron chi connectivity index (χ4n) is 11.3. The number of pyridine rings is 1. The van der Waals surface area contributed by atoms with E-state index in [0.717, 1.165) is 27.4 Å². The number of nitrogens with zero attached hydrogens (tertiary/aromatic N) is 7. The predicted octanol–water partition coefficient (Wildman–Crippen LogP) is 7.46. The average molecular weight is 1050 g/mol. The van der Waals surface area contributed by atoms with Crippen molar-refractivity contribution >= 4 is 79.7 Å². The predicted molar refractivity (Wildman–Crippen MR) is 285 cm³/mol. The fraction of sp³-hybridized carbons (Fsp3) is 0.339. The summed E-state index contributed by atoms with van der Waals surface area (Å²) in [7, 11) is 0. The van der Waals surface area contributed by atoms with Crippen molar-refractivity contribution in [3.8, 4) is 23.7 Å². The number of ketones is 2. The van der Waals surface area contributed by atoms with Gasteiger partial charge in [0, 0.05) is 27.9 Å². The van der Waals surface area contributed by atoms with E-state index in [1.807, 2.05) is 86.6 Å². The number of nitrogens with one attached hydrogen (secondary N) is 2. The highest BCUT2D eigenvalue weighted by Crippen LogP contribution is 2.69. The molecule has 4 fully saturated rings. The van der Waals surface area contributed by atoms with Crippen molar-refractivity contribution in [1.82, 2.24) is 34.1 Å². The molecule has 8 aromatic rings. The van der Waals surface area contributed by atoms with Gasteiger partial charge in [-0.25, -0.2) is 24.9 Å². The number of fused-ring (bicyclic) bond motifs is 4. The molecule has 0 saturated heterocycles. The third kappa shape index (κ3) is 8.86. The van der Waals surface area contributed by atoms with Crippen molar-refractivity contribution in [2.45, 2.75) is 90.0 Å². The third-order valence-electron chi connectivity index (χ3n) is 15.3. The number of carbonyl (C=O) groups excluding carboxylic acids is 2. The average Bonchev–Trinajstić information content (AvgIpc) is 3.86. The number of rotatable bonds is 11. The molecule has 376 valence electrons. The first-order valence-corrected chi connectivity index (χ1v) is 26.5. The molecule has 0 amide bonds. The molecule has 4 aliphatic carbocycles. The molecule has 18 heteroatoms. The van der Waals surface area contributed by atoms with Crippen LogP contribution < -0.4 is 10.6 Å². The van der Waals surface area contributed by atoms with Gasteiger partial charge in [0.15, 0.2) is 22.6 Å². The van der Waals surface area contributed by atoms with Crippen molar-refractivity contribution in [1.29, 1.82) is 0 Å². The SMILES string of the molecule is CC(=O)[C@@]12CC1[C@@H](n1cnc3c(NCCc4ccccc4)nc(C#Cc4ccc(C)s4)nc31)[C@H](O)C2O.CC(=O)[C@@]12CC1[C@@H](n1cnc3c(NCc4cccc(Cl)c4)cc(C#Cc4ccc(C)s4)nc31)[C@H](O)C2O. The first kappa shape index (κ1) is 49.4. The maximum Gasteiger partial charge on any atom is 0.209 e. The smallest absolute Gasteiger partial charge is 0.209 e. The minimum absolute atomic E-state index is 0.0911. The summed E-state index contributed by atoms with van der Waals surface area (Å²) >= 11 is 9.38. The van der Waals surface area contributed by atoms with Crippen molar-refractivity contribution < 1.29 is 30.0 Å². The van der Waals surface area contributed by atoms with Crippen molar-refractivity contribution in [3.05, 3.63) is 145 Å². The number of hydrogen-bond donors (Lipinski definition) is 6. The van der Waals surface area contributed by atoms with Crippen molar-refractivity contribution in [3.63, 3.8) is 0 Å². The number of hydrogen-bond acceptors (Lipinski definition) is 15. The van der Waals surface area contributed by atoms with Gasteiger partial charge in [-0.05, 0) is 136 Å². The van der Waals surface area contributed by atoms with E-state index in [0.29, 0.717) is 70.6 Å². The molecule has 6 heterocycles. The van der Waals surface area contributed by atoms with Crippen LogP contribution in [0, 0.1) is 60.2 Å². The molecule has 74 heavy (non-hydrogen) atoms. The molecule has 2 aromatic carbocycles. The lowest BCUT2D eigenvalue weighted by Gasteiger charge is -2.23. The van der Waals surface area contributed by atoms with Crippen LogP contribution in [0.5, 0.6) is 0 Å². The third-order valence-corrected chi connectivity index (χ3v) is 17.3. The van der Waals surface area contributed by atoms with E-state index in [-0.39, 0.29) is 23.4 Å². The minimum atomic E-state index is -1.11. The molecule has 0 radical (unpaired) electrons. The summed E-state index contributed by atoms with van der Waals surface area (Å²) in [5.74, 6) is 13.0. The first-order valence-electron chi connectivity index (χ1n) is 24.5. The zero-order chi connectivity index (χ0) is 51.6. The van der Waals surface area contributed by atoms with Crippen LogP contribution in [0.4, 0.5) is 11.5 Å². The van der Waals surface area contributed by atoms with Crippen molar-refractivity contribution in [2.75, 3.05) is 17.2 Å². The fourth-order valence-corrected chi connectivity index (χ4v) is 13.0. The van der Waals surface area contributed by atoms with E-state index in [4.69, 9.17) is 21.6 Å². The molecule has 4 saturated carbocycles. The summed E-state index contributed by atoms with van der Waals surface area (Å²) in [6.07, 6.45) is 0.756. The van der Waals surface area contributed by atoms with E-state index in [2.05, 4.69) is 61.4 Å². The van der Waals surface area contributed by atoms with Gasteiger partial charge >= 0.3 is 0 Å². The Hall–Kier alpha value is -6.80. The largest absolute Gasteiger partial charge is 0.389 e. The van der Waals surface area contributed by atoms with E-state index in [9.17, 15) is 30.0 Å². The van der Waals surface area contributed by atoms with E-state index < -0.39 is 47.3 Å². The number of aliphatic hydroxyl groups is 4. The van der Waals surface area contributed by atoms with E-state index in [1.165, 1.54) is 29.2 Å². The number of aromatic nitrogens is 7. The second-order valence-corrected chi connectivity index (χ2v) is 22.7. The summed E-state index contributed by atoms with van der Waals surface area (Å²) in [6, 6.07) is 26.7. The normalized spacial score (nSPS) is 26.0. The Morgan fingerprint density at radius 2 is 1.27 bits per heavy atom. The molecule has 15 nitrogen and oxygen atoms in total. The van der Waals surface area contributed by atoms with Crippen LogP contribution in [-0.2, 0) is 22.6 Å². The number of thiophene rings is 2. The summed E-state index contributed by atoms with van der Waals surface area (Å²) in [5.41, 5.74) is 4.00. The Kier molecular flexibility index (Phi) is 13.0. The molecule has 0 aliphatic heterocycles. The standard InChI is InChI=1S/C28H25ClN4O3S.C28H27N5O3S/c1-15-6-8-20(37-15)9-7-19-11-22(30-13-17-4-3-5-18(29)10-17)23-27(32-19)33(14-31-23)24-21-12-28(21,16(2)34)26(36)25(24)35;1-16-8-9-19(37-16)10-11-21-31-26(29-13-12-18-6-4-3-5-7-18)22-27(32-21)33(15-30-22)23-20-14-28(20,17(2)34)25(36)24(23)35/h3-6,8,10-11,14,21,24-26,35-36H,12-13H2,1-2H3,(H,30,32);3-9,15,20,23-25,35-36H,12-14H2,1-2H3,(H,29,31,32)/t21?,24-,25+,26?,28+;20?,23-,24+,25?,28+/m11/s1. The Morgan fingerprint density at radius 1 is 0.689 bits per heavy atom. The summed E-state index contributed by atoms with van der Waals surface area (Å²) in [4.78, 5) is 52.3. The van der Waals surface area contributed by atoms with Crippen LogP contribution in [-0.4, -0.2) is 97.0 Å². The molecule has 6 N–H and O–H groups in total. The van der Waals surface area contributed by atoms with Gasteiger partial charge < -0.3 is 40.2 Å². The molecule has 4 unspecified atom stereocenters. The molecule has 0 spiro atoms. The summed E-state index contributed by atoms with van der Waals surface area (Å²) in [5, 5.41) is 50.9. The van der Waals surface area contributed by atoms with Gasteiger partial charge in [-0.2, -0.15) is 0 Å². The van der Waals surface area contributed by atoms with Crippen LogP contribution in [0.25, 0.3) is 22.3 Å². The van der Waals surface area contributed by atoms with Crippen LogP contribution in [0.15, 0.2) is 97.6 Å². The van der Waals surface area contributed by atoms with Crippen LogP contribution >= 0.6 is 34.3 Å². The Labute approximate surface area is 439 Å². The zero-order valence-corrected chi connectivity index (χ0v) is 43.2. The van der Waals surface area contributed by atoms with Gasteiger partial charge in [0.2, 0.25) is 5.82 Å². The number of halogens is 1. The van der Waals surface area contributed by atoms with Crippen LogP contribution in [0.1, 0.15) is 80.9 Å². The highest BCUT2D eigenvalue weighted by Gasteiger charge is 2.75. The Balaban J connectivity index is 0.000000159. The van der Waals surface area contributed by atoms with E-state index >= 15 is 0 Å². The molecular formula is C56H52ClN9O6S2. The highest BCUT2D eigenvalue weighted by molar-refractivity contribution is 7.12. The monoisotopic (exact) mass is 1050 g/mol. The lowest BCUT2D eigenvalue weighted by atomic mass is 9.95. The molecule has 6 aromatic heterocycles. The van der Waals surface area contributed by atoms with Crippen LogP contribution in [0.3, 0.4) is 0 Å². The van der Waals surface area contributed by atoms with Crippen LogP contribution in [0.2, 0.25) is 5.02 Å². The van der Waals surface area contributed by atoms with Gasteiger partial charge in [-0.1, -0.05) is 54.1 Å². The number of imidazole rings is 2. The maximum absolute atomic E-state index is 12.4. The molecule has 4 aliphatic rings. The van der Waals surface area contributed by atoms with Gasteiger partial charge in [0.05, 0.1) is 63.2 Å². The van der Waals surface area contributed by atoms with Gasteiger partial charge in [0.25, 0.3) is 0 Å². The lowest BCUT2D eigenvalue weighted by Crippen LogP contribution is -2.36. The second-order valence-electron chi connectivity index (χ2n) is 19.7.